The number of hydrogen-bond donors (Lipinski definition) is 3. The molecule has 7 heteroatoms. The molecule has 0 aliphatic heterocycles. The number of carbonyl (C=O) groups is 1. The number of thiophene rings is 1. The first-order valence-corrected chi connectivity index (χ1v) is 10.2. The molecule has 0 aliphatic carbocycles. The van der Waals surface area contributed by atoms with Crippen molar-refractivity contribution in [2.24, 2.45) is 4.99 Å². The van der Waals surface area contributed by atoms with Gasteiger partial charge in [0.05, 0.1) is 0 Å². The smallest absolute Gasteiger partial charge is 0.226 e. The van der Waals surface area contributed by atoms with Crippen LogP contribution >= 0.6 is 27.3 Å². The van der Waals surface area contributed by atoms with E-state index >= 15 is 0 Å². The van der Waals surface area contributed by atoms with Crippen LogP contribution in [-0.2, 0) is 4.79 Å². The highest BCUT2D eigenvalue weighted by Crippen LogP contribution is 2.20. The fourth-order valence-corrected chi connectivity index (χ4v) is 3.68. The van der Waals surface area contributed by atoms with Gasteiger partial charge in [-0.3, -0.25) is 9.79 Å². The molecule has 0 fully saturated rings. The highest BCUT2D eigenvalue weighted by molar-refractivity contribution is 9.10. The van der Waals surface area contributed by atoms with Crippen molar-refractivity contribution >= 4 is 44.8 Å². The zero-order valence-corrected chi connectivity index (χ0v) is 17.7. The van der Waals surface area contributed by atoms with Crippen molar-refractivity contribution in [3.63, 3.8) is 0 Å². The number of rotatable bonds is 7. The Morgan fingerprint density at radius 1 is 1.31 bits per heavy atom. The molecule has 0 saturated carbocycles. The van der Waals surface area contributed by atoms with E-state index < -0.39 is 0 Å². The second kappa shape index (κ2) is 10.3. The van der Waals surface area contributed by atoms with Gasteiger partial charge < -0.3 is 16.0 Å². The van der Waals surface area contributed by atoms with Crippen molar-refractivity contribution in [2.75, 3.05) is 25.5 Å². The monoisotopic (exact) mass is 436 g/mol. The minimum atomic E-state index is -0.0228. The van der Waals surface area contributed by atoms with Crippen molar-refractivity contribution < 1.29 is 4.79 Å². The minimum absolute atomic E-state index is 0.0228. The zero-order chi connectivity index (χ0) is 18.9. The molecular weight excluding hydrogens is 412 g/mol. The summed E-state index contributed by atoms with van der Waals surface area (Å²) in [6.07, 6.45) is 0.372. The van der Waals surface area contributed by atoms with Gasteiger partial charge in [0.15, 0.2) is 5.96 Å². The van der Waals surface area contributed by atoms with E-state index in [1.807, 2.05) is 25.1 Å². The SMILES string of the molecule is CN=C(NCCC(=O)Nc1ccc(Br)cc1C)NCC(C)c1cccs1. The maximum absolute atomic E-state index is 12.1. The molecule has 1 atom stereocenters. The first-order valence-electron chi connectivity index (χ1n) is 8.53. The van der Waals surface area contributed by atoms with Crippen molar-refractivity contribution in [1.82, 2.24) is 10.6 Å². The lowest BCUT2D eigenvalue weighted by atomic mass is 10.1. The average Bonchev–Trinajstić information content (AvgIpc) is 3.15. The zero-order valence-electron chi connectivity index (χ0n) is 15.3. The maximum Gasteiger partial charge on any atom is 0.226 e. The van der Waals surface area contributed by atoms with E-state index in [0.717, 1.165) is 22.3 Å². The first kappa shape index (κ1) is 20.5. The van der Waals surface area contributed by atoms with Crippen LogP contribution < -0.4 is 16.0 Å². The van der Waals surface area contributed by atoms with E-state index in [1.54, 1.807) is 18.4 Å². The molecule has 2 rings (SSSR count). The molecule has 0 bridgehead atoms. The number of anilines is 1. The van der Waals surface area contributed by atoms with Gasteiger partial charge in [-0.05, 0) is 42.1 Å². The molecule has 2 aromatic rings. The number of nitrogens with one attached hydrogen (secondary N) is 3. The summed E-state index contributed by atoms with van der Waals surface area (Å²) < 4.78 is 1.00. The van der Waals surface area contributed by atoms with Crippen LogP contribution in [0.2, 0.25) is 0 Å². The summed E-state index contributed by atoms with van der Waals surface area (Å²) in [5.74, 6) is 1.10. The Morgan fingerprint density at radius 3 is 2.77 bits per heavy atom. The molecule has 1 heterocycles. The van der Waals surface area contributed by atoms with Crippen molar-refractivity contribution in [3.05, 3.63) is 50.6 Å². The summed E-state index contributed by atoms with van der Waals surface area (Å²) in [5.41, 5.74) is 1.87. The van der Waals surface area contributed by atoms with E-state index in [0.29, 0.717) is 24.8 Å². The third-order valence-corrected chi connectivity index (χ3v) is 5.53. The molecule has 1 amide bonds. The normalized spacial score (nSPS) is 12.5. The third-order valence-electron chi connectivity index (χ3n) is 3.94. The van der Waals surface area contributed by atoms with Gasteiger partial charge in [0.1, 0.15) is 0 Å². The summed E-state index contributed by atoms with van der Waals surface area (Å²) in [6, 6.07) is 10.0. The summed E-state index contributed by atoms with van der Waals surface area (Å²) >= 11 is 5.18. The topological polar surface area (TPSA) is 65.5 Å². The number of guanidine groups is 1. The Hall–Kier alpha value is -1.86. The number of hydrogen-bond acceptors (Lipinski definition) is 3. The van der Waals surface area contributed by atoms with Crippen molar-refractivity contribution in [2.45, 2.75) is 26.2 Å². The molecule has 1 aromatic carbocycles. The summed E-state index contributed by atoms with van der Waals surface area (Å²) in [4.78, 5) is 17.7. The predicted octanol–water partition coefficient (Wildman–Crippen LogP) is 4.12. The fraction of sp³-hybridized carbons (Fsp3) is 0.368. The predicted molar refractivity (Wildman–Crippen MR) is 114 cm³/mol. The Morgan fingerprint density at radius 2 is 2.12 bits per heavy atom. The lowest BCUT2D eigenvalue weighted by Crippen LogP contribution is -2.40. The highest BCUT2D eigenvalue weighted by atomic mass is 79.9. The van der Waals surface area contributed by atoms with Gasteiger partial charge in [0.2, 0.25) is 5.91 Å². The van der Waals surface area contributed by atoms with Crippen LogP contribution in [0.15, 0.2) is 45.2 Å². The Balaban J connectivity index is 1.72. The average molecular weight is 437 g/mol. The Labute approximate surface area is 167 Å². The number of carbonyl (C=O) groups excluding carboxylic acids is 1. The second-order valence-corrected chi connectivity index (χ2v) is 7.95. The van der Waals surface area contributed by atoms with Gasteiger partial charge in [0, 0.05) is 47.5 Å². The first-order chi connectivity index (χ1) is 12.5. The van der Waals surface area contributed by atoms with E-state index in [1.165, 1.54) is 4.88 Å². The standard InChI is InChI=1S/C19H25BrN4OS/c1-13-11-15(20)6-7-16(13)24-18(25)8-9-22-19(21-3)23-12-14(2)17-5-4-10-26-17/h4-7,10-11,14H,8-9,12H2,1-3H3,(H,24,25)(H2,21,22,23). The van der Waals surface area contributed by atoms with Crippen molar-refractivity contribution in [3.8, 4) is 0 Å². The Bertz CT molecular complexity index is 746. The van der Waals surface area contributed by atoms with E-state index in [9.17, 15) is 4.79 Å². The van der Waals surface area contributed by atoms with Crippen LogP contribution in [0.5, 0.6) is 0 Å². The largest absolute Gasteiger partial charge is 0.356 e. The lowest BCUT2D eigenvalue weighted by molar-refractivity contribution is -0.116. The molecular formula is C19H25BrN4OS. The second-order valence-electron chi connectivity index (χ2n) is 6.05. The molecule has 140 valence electrons. The van der Waals surface area contributed by atoms with Crippen LogP contribution in [0.1, 0.15) is 29.7 Å². The van der Waals surface area contributed by atoms with Gasteiger partial charge in [0.25, 0.3) is 0 Å². The molecule has 3 N–H and O–H groups in total. The van der Waals surface area contributed by atoms with E-state index in [2.05, 4.69) is 61.3 Å². The van der Waals surface area contributed by atoms with Gasteiger partial charge in [-0.1, -0.05) is 28.9 Å². The third kappa shape index (κ3) is 6.46. The van der Waals surface area contributed by atoms with Crippen LogP contribution in [0.25, 0.3) is 0 Å². The van der Waals surface area contributed by atoms with Gasteiger partial charge in [-0.15, -0.1) is 11.3 Å². The highest BCUT2D eigenvalue weighted by Gasteiger charge is 2.09. The van der Waals surface area contributed by atoms with Crippen LogP contribution in [0.3, 0.4) is 0 Å². The lowest BCUT2D eigenvalue weighted by Gasteiger charge is -2.15. The van der Waals surface area contributed by atoms with Crippen LogP contribution in [-0.4, -0.2) is 32.0 Å². The molecule has 0 aliphatic rings. The van der Waals surface area contributed by atoms with E-state index in [-0.39, 0.29) is 5.91 Å². The molecule has 5 nitrogen and oxygen atoms in total. The fourth-order valence-electron chi connectivity index (χ4n) is 2.42. The molecule has 0 radical (unpaired) electrons. The van der Waals surface area contributed by atoms with Gasteiger partial charge >= 0.3 is 0 Å². The van der Waals surface area contributed by atoms with Crippen LogP contribution in [0, 0.1) is 6.92 Å². The number of benzene rings is 1. The minimum Gasteiger partial charge on any atom is -0.356 e. The summed E-state index contributed by atoms with van der Waals surface area (Å²) in [7, 11) is 1.73. The van der Waals surface area contributed by atoms with Crippen LogP contribution in [0.4, 0.5) is 5.69 Å². The Kier molecular flexibility index (Phi) is 8.12. The summed E-state index contributed by atoms with van der Waals surface area (Å²) in [6.45, 7) is 5.47. The number of aryl methyl sites for hydroxylation is 1. The maximum atomic E-state index is 12.1. The molecule has 0 saturated heterocycles. The van der Waals surface area contributed by atoms with Gasteiger partial charge in [-0.2, -0.15) is 0 Å². The summed E-state index contributed by atoms with van der Waals surface area (Å²) in [5, 5.41) is 11.5. The molecule has 0 spiro atoms. The number of aliphatic imine (C=N–C) groups is 1. The van der Waals surface area contributed by atoms with Crippen molar-refractivity contribution in [1.29, 1.82) is 0 Å². The number of nitrogens with zero attached hydrogens (tertiary/aromatic N) is 1. The molecule has 1 aromatic heterocycles. The number of halogens is 1. The quantitative estimate of drug-likeness (QED) is 0.451. The van der Waals surface area contributed by atoms with E-state index in [4.69, 9.17) is 0 Å². The molecule has 26 heavy (non-hydrogen) atoms. The van der Waals surface area contributed by atoms with Gasteiger partial charge in [-0.25, -0.2) is 0 Å². The molecule has 1 unspecified atom stereocenters. The number of amides is 1.